The van der Waals surface area contributed by atoms with Crippen LogP contribution in [-0.4, -0.2) is 53.8 Å². The van der Waals surface area contributed by atoms with Crippen LogP contribution in [0.5, 0.6) is 0 Å². The van der Waals surface area contributed by atoms with Crippen molar-refractivity contribution in [2.45, 2.75) is 45.8 Å². The number of likely N-dealkylation sites (tertiary alicyclic amines) is 2. The molecule has 2 fully saturated rings. The van der Waals surface area contributed by atoms with Crippen LogP contribution in [0.3, 0.4) is 0 Å². The zero-order chi connectivity index (χ0) is 18.8. The van der Waals surface area contributed by atoms with Crippen molar-refractivity contribution >= 4 is 12.2 Å². The maximum atomic E-state index is 12.3. The summed E-state index contributed by atoms with van der Waals surface area (Å²) in [7, 11) is 0. The van der Waals surface area contributed by atoms with Gasteiger partial charge in [0.1, 0.15) is 12.2 Å². The quantitative estimate of drug-likeness (QED) is 0.808. The van der Waals surface area contributed by atoms with Gasteiger partial charge < -0.3 is 19.3 Å². The lowest BCUT2D eigenvalue weighted by atomic mass is 9.73. The Bertz CT molecular complexity index is 648. The number of benzene rings is 1. The molecule has 6 heteroatoms. The summed E-state index contributed by atoms with van der Waals surface area (Å²) in [5.74, 6) is 0. The zero-order valence-corrected chi connectivity index (χ0v) is 15.9. The first-order chi connectivity index (χ1) is 12.3. The highest BCUT2D eigenvalue weighted by Gasteiger charge is 2.49. The molecule has 2 aliphatic heterocycles. The van der Waals surface area contributed by atoms with Gasteiger partial charge in [0.2, 0.25) is 0 Å². The number of nitrogens with zero attached hydrogens (tertiary/aromatic N) is 2. The predicted molar refractivity (Wildman–Crippen MR) is 97.7 cm³/mol. The summed E-state index contributed by atoms with van der Waals surface area (Å²) >= 11 is 0. The topological polar surface area (TPSA) is 59.1 Å². The van der Waals surface area contributed by atoms with Crippen LogP contribution >= 0.6 is 0 Å². The molecule has 0 aliphatic carbocycles. The zero-order valence-electron chi connectivity index (χ0n) is 15.9. The lowest BCUT2D eigenvalue weighted by molar-refractivity contribution is -0.0552. The van der Waals surface area contributed by atoms with E-state index in [1.807, 2.05) is 51.1 Å². The normalized spacial score (nSPS) is 19.0. The van der Waals surface area contributed by atoms with E-state index in [0.717, 1.165) is 24.9 Å². The van der Waals surface area contributed by atoms with Gasteiger partial charge in [-0.15, -0.1) is 0 Å². The summed E-state index contributed by atoms with van der Waals surface area (Å²) in [6.07, 6.45) is 1.41. The molecular weight excluding hydrogens is 332 g/mol. The molecule has 0 bridgehead atoms. The molecule has 0 radical (unpaired) electrons. The van der Waals surface area contributed by atoms with E-state index >= 15 is 0 Å². The number of carbonyl (C=O) groups excluding carboxylic acids is 2. The third kappa shape index (κ3) is 4.48. The van der Waals surface area contributed by atoms with Gasteiger partial charge >= 0.3 is 12.2 Å². The number of hydrogen-bond donors (Lipinski definition) is 0. The summed E-state index contributed by atoms with van der Waals surface area (Å²) in [6.45, 7) is 8.54. The van der Waals surface area contributed by atoms with E-state index in [2.05, 4.69) is 0 Å². The van der Waals surface area contributed by atoms with Gasteiger partial charge in [0.15, 0.2) is 0 Å². The molecule has 0 unspecified atom stereocenters. The van der Waals surface area contributed by atoms with E-state index in [-0.39, 0.29) is 24.2 Å². The van der Waals surface area contributed by atoms with Crippen molar-refractivity contribution in [3.05, 3.63) is 35.9 Å². The van der Waals surface area contributed by atoms with Gasteiger partial charge in [0.05, 0.1) is 0 Å². The average molecular weight is 360 g/mol. The molecule has 6 nitrogen and oxygen atoms in total. The van der Waals surface area contributed by atoms with Crippen molar-refractivity contribution in [1.82, 2.24) is 9.80 Å². The lowest BCUT2D eigenvalue weighted by Crippen LogP contribution is -2.65. The lowest BCUT2D eigenvalue weighted by Gasteiger charge is -2.53. The molecule has 0 atom stereocenters. The number of carbonyl (C=O) groups is 2. The maximum Gasteiger partial charge on any atom is 0.410 e. The minimum absolute atomic E-state index is 0.0130. The van der Waals surface area contributed by atoms with E-state index < -0.39 is 5.60 Å². The standard InChI is InChI=1S/C20H28N2O4/c1-19(2,3)26-18(24)21-11-7-10-20(13-21)14-22(15-20)17(23)25-12-16-8-5-4-6-9-16/h4-6,8-9H,7,10-15H2,1-3H3. The molecule has 26 heavy (non-hydrogen) atoms. The molecule has 2 heterocycles. The second-order valence-electron chi connectivity index (χ2n) is 8.40. The molecule has 2 amide bonds. The van der Waals surface area contributed by atoms with Gasteiger partial charge in [-0.05, 0) is 39.2 Å². The van der Waals surface area contributed by atoms with Crippen molar-refractivity contribution < 1.29 is 19.1 Å². The minimum atomic E-state index is -0.491. The van der Waals surface area contributed by atoms with Crippen LogP contribution in [0, 0.1) is 5.41 Å². The number of piperidine rings is 1. The number of hydrogen-bond acceptors (Lipinski definition) is 4. The third-order valence-electron chi connectivity index (χ3n) is 4.83. The van der Waals surface area contributed by atoms with Gasteiger partial charge in [-0.2, -0.15) is 0 Å². The Hall–Kier alpha value is -2.24. The predicted octanol–water partition coefficient (Wildman–Crippen LogP) is 3.66. The van der Waals surface area contributed by atoms with Gasteiger partial charge in [0.25, 0.3) is 0 Å². The Morgan fingerprint density at radius 2 is 1.69 bits per heavy atom. The van der Waals surface area contributed by atoms with E-state index in [1.54, 1.807) is 9.80 Å². The first-order valence-electron chi connectivity index (χ1n) is 9.20. The Kier molecular flexibility index (Phi) is 5.12. The van der Waals surface area contributed by atoms with E-state index in [9.17, 15) is 9.59 Å². The Balaban J connectivity index is 1.48. The first-order valence-corrected chi connectivity index (χ1v) is 9.20. The fraction of sp³-hybridized carbons (Fsp3) is 0.600. The van der Waals surface area contributed by atoms with Crippen molar-refractivity contribution in [3.8, 4) is 0 Å². The van der Waals surface area contributed by atoms with Gasteiger partial charge in [0, 0.05) is 31.6 Å². The average Bonchev–Trinajstić information content (AvgIpc) is 2.57. The van der Waals surface area contributed by atoms with Crippen molar-refractivity contribution in [1.29, 1.82) is 0 Å². The molecule has 1 aromatic carbocycles. The summed E-state index contributed by atoms with van der Waals surface area (Å²) < 4.78 is 10.9. The highest BCUT2D eigenvalue weighted by molar-refractivity contribution is 5.70. The monoisotopic (exact) mass is 360 g/mol. The summed E-state index contributed by atoms with van der Waals surface area (Å²) in [4.78, 5) is 28.0. The van der Waals surface area contributed by atoms with Gasteiger partial charge in [-0.1, -0.05) is 30.3 Å². The second-order valence-corrected chi connectivity index (χ2v) is 8.40. The van der Waals surface area contributed by atoms with Crippen LogP contribution in [0.2, 0.25) is 0 Å². The van der Waals surface area contributed by atoms with Crippen LogP contribution in [0.15, 0.2) is 30.3 Å². The number of amides is 2. The Labute approximate surface area is 155 Å². The Morgan fingerprint density at radius 3 is 2.35 bits per heavy atom. The summed E-state index contributed by atoms with van der Waals surface area (Å²) in [5, 5.41) is 0. The largest absolute Gasteiger partial charge is 0.445 e. The fourth-order valence-electron chi connectivity index (χ4n) is 3.65. The molecule has 0 N–H and O–H groups in total. The van der Waals surface area contributed by atoms with Crippen molar-refractivity contribution in [2.24, 2.45) is 5.41 Å². The smallest absolute Gasteiger partial charge is 0.410 e. The minimum Gasteiger partial charge on any atom is -0.445 e. The molecule has 142 valence electrons. The van der Waals surface area contributed by atoms with Crippen LogP contribution in [0.1, 0.15) is 39.2 Å². The maximum absolute atomic E-state index is 12.3. The van der Waals surface area contributed by atoms with Gasteiger partial charge in [-0.3, -0.25) is 0 Å². The SMILES string of the molecule is CC(C)(C)OC(=O)N1CCCC2(CN(C(=O)OCc3ccccc3)C2)C1. The van der Waals surface area contributed by atoms with Crippen LogP contribution < -0.4 is 0 Å². The molecule has 1 spiro atoms. The first kappa shape index (κ1) is 18.5. The highest BCUT2D eigenvalue weighted by Crippen LogP contribution is 2.39. The van der Waals surface area contributed by atoms with Gasteiger partial charge in [-0.25, -0.2) is 9.59 Å². The molecule has 0 aromatic heterocycles. The van der Waals surface area contributed by atoms with Crippen molar-refractivity contribution in [3.63, 3.8) is 0 Å². The van der Waals surface area contributed by atoms with Crippen molar-refractivity contribution in [2.75, 3.05) is 26.2 Å². The van der Waals surface area contributed by atoms with E-state index in [4.69, 9.17) is 9.47 Å². The third-order valence-corrected chi connectivity index (χ3v) is 4.83. The van der Waals surface area contributed by atoms with Crippen LogP contribution in [-0.2, 0) is 16.1 Å². The second kappa shape index (κ2) is 7.17. The molecule has 3 rings (SSSR count). The molecule has 2 aliphatic rings. The highest BCUT2D eigenvalue weighted by atomic mass is 16.6. The van der Waals surface area contributed by atoms with E-state index in [0.29, 0.717) is 19.6 Å². The Morgan fingerprint density at radius 1 is 1.04 bits per heavy atom. The molecular formula is C20H28N2O4. The van der Waals surface area contributed by atoms with E-state index in [1.165, 1.54) is 0 Å². The molecule has 0 saturated carbocycles. The summed E-state index contributed by atoms with van der Waals surface area (Å²) in [6, 6.07) is 9.66. The molecule has 2 saturated heterocycles. The molecule has 1 aromatic rings. The van der Waals surface area contributed by atoms with Crippen LogP contribution in [0.25, 0.3) is 0 Å². The summed E-state index contributed by atoms with van der Waals surface area (Å²) in [5.41, 5.74) is 0.472. The fourth-order valence-corrected chi connectivity index (χ4v) is 3.65. The number of rotatable bonds is 2. The number of ether oxygens (including phenoxy) is 2. The van der Waals surface area contributed by atoms with Crippen LogP contribution in [0.4, 0.5) is 9.59 Å².